The van der Waals surface area contributed by atoms with Crippen LogP contribution in [0.1, 0.15) is 29.9 Å². The fraction of sp³-hybridized carbons (Fsp3) is 0.238. The highest BCUT2D eigenvalue weighted by Crippen LogP contribution is 2.35. The van der Waals surface area contributed by atoms with E-state index in [4.69, 9.17) is 14.2 Å². The van der Waals surface area contributed by atoms with Gasteiger partial charge in [-0.1, -0.05) is 48.5 Å². The Balaban J connectivity index is 2.11. The van der Waals surface area contributed by atoms with Gasteiger partial charge in [0.25, 0.3) is 0 Å². The number of carbonyl (C=O) groups excluding carboxylic acids is 1. The van der Waals surface area contributed by atoms with Gasteiger partial charge in [-0.3, -0.25) is 0 Å². The lowest BCUT2D eigenvalue weighted by Crippen LogP contribution is -2.13. The lowest BCUT2D eigenvalue weighted by atomic mass is 10.1. The molecule has 3 rings (SSSR count). The summed E-state index contributed by atoms with van der Waals surface area (Å²) in [5.41, 5.74) is 1.10. The van der Waals surface area contributed by atoms with Crippen molar-refractivity contribution in [2.45, 2.75) is 26.6 Å². The molecule has 0 amide bonds. The van der Waals surface area contributed by atoms with Crippen LogP contribution in [0, 0.1) is 0 Å². The molecule has 0 fully saturated rings. The van der Waals surface area contributed by atoms with Gasteiger partial charge in [-0.25, -0.2) is 9.78 Å². The van der Waals surface area contributed by atoms with E-state index in [0.29, 0.717) is 18.2 Å². The maximum atomic E-state index is 12.3. The molecule has 0 unspecified atom stereocenters. The molecule has 0 aliphatic carbocycles. The van der Waals surface area contributed by atoms with Crippen LogP contribution >= 0.6 is 0 Å². The molecule has 5 heteroatoms. The van der Waals surface area contributed by atoms with E-state index >= 15 is 0 Å². The highest BCUT2D eigenvalue weighted by atomic mass is 16.5. The van der Waals surface area contributed by atoms with Gasteiger partial charge in [0.1, 0.15) is 6.61 Å². The van der Waals surface area contributed by atoms with Crippen LogP contribution in [0.25, 0.3) is 10.8 Å². The van der Waals surface area contributed by atoms with Crippen molar-refractivity contribution >= 4 is 16.7 Å². The molecule has 0 N–H and O–H groups in total. The quantitative estimate of drug-likeness (QED) is 0.617. The van der Waals surface area contributed by atoms with Gasteiger partial charge in [0.05, 0.1) is 13.2 Å². The average Bonchev–Trinajstić information content (AvgIpc) is 2.66. The first-order chi connectivity index (χ1) is 12.6. The molecule has 0 aliphatic rings. The molecule has 1 aromatic heterocycles. The Hall–Kier alpha value is -3.08. The second kappa shape index (κ2) is 7.87. The normalized spacial score (nSPS) is 10.8. The van der Waals surface area contributed by atoms with Crippen LogP contribution < -0.4 is 9.47 Å². The predicted octanol–water partition coefficient (Wildman–Crippen LogP) is 4.39. The minimum atomic E-state index is -0.563. The average molecular weight is 351 g/mol. The summed E-state index contributed by atoms with van der Waals surface area (Å²) < 4.78 is 16.7. The summed E-state index contributed by atoms with van der Waals surface area (Å²) in [7, 11) is 1.32. The fourth-order valence-electron chi connectivity index (χ4n) is 2.63. The lowest BCUT2D eigenvalue weighted by molar-refractivity contribution is 0.0587. The van der Waals surface area contributed by atoms with Crippen LogP contribution in [0.5, 0.6) is 11.6 Å². The monoisotopic (exact) mass is 351 g/mol. The van der Waals surface area contributed by atoms with E-state index in [2.05, 4.69) is 4.98 Å². The zero-order chi connectivity index (χ0) is 18.5. The molecular formula is C21H21NO4. The van der Waals surface area contributed by atoms with Gasteiger partial charge < -0.3 is 14.2 Å². The van der Waals surface area contributed by atoms with Crippen molar-refractivity contribution in [2.24, 2.45) is 0 Å². The number of aromatic nitrogens is 1. The molecule has 0 radical (unpaired) electrons. The second-order valence-electron chi connectivity index (χ2n) is 6.07. The van der Waals surface area contributed by atoms with Crippen LogP contribution in [0.3, 0.4) is 0 Å². The minimum Gasteiger partial charge on any atom is -0.486 e. The molecule has 5 nitrogen and oxygen atoms in total. The van der Waals surface area contributed by atoms with E-state index in [1.54, 1.807) is 0 Å². The van der Waals surface area contributed by atoms with Crippen molar-refractivity contribution in [1.29, 1.82) is 0 Å². The summed E-state index contributed by atoms with van der Waals surface area (Å²) >= 11 is 0. The molecule has 0 saturated heterocycles. The van der Waals surface area contributed by atoms with Crippen molar-refractivity contribution in [3.8, 4) is 11.6 Å². The van der Waals surface area contributed by atoms with E-state index in [1.807, 2.05) is 68.4 Å². The molecule has 2 aromatic carbocycles. The highest BCUT2D eigenvalue weighted by molar-refractivity contribution is 6.01. The number of hydrogen-bond acceptors (Lipinski definition) is 5. The molecule has 0 spiro atoms. The summed E-state index contributed by atoms with van der Waals surface area (Å²) in [5, 5.41) is 1.55. The summed E-state index contributed by atoms with van der Waals surface area (Å²) in [5.74, 6) is 0.225. The van der Waals surface area contributed by atoms with E-state index in [0.717, 1.165) is 16.3 Å². The summed E-state index contributed by atoms with van der Waals surface area (Å²) in [6.07, 6.45) is -0.0764. The van der Waals surface area contributed by atoms with Gasteiger partial charge in [-0.05, 0) is 25.5 Å². The molecule has 0 aliphatic heterocycles. The van der Waals surface area contributed by atoms with Crippen molar-refractivity contribution in [3.63, 3.8) is 0 Å². The Morgan fingerprint density at radius 2 is 1.65 bits per heavy atom. The van der Waals surface area contributed by atoms with Crippen LogP contribution in [-0.2, 0) is 11.3 Å². The first-order valence-corrected chi connectivity index (χ1v) is 8.44. The smallest absolute Gasteiger partial charge is 0.360 e. The molecule has 134 valence electrons. The Morgan fingerprint density at radius 1 is 1.00 bits per heavy atom. The number of benzene rings is 2. The third-order valence-corrected chi connectivity index (χ3v) is 3.78. The number of esters is 1. The number of carbonyl (C=O) groups is 1. The van der Waals surface area contributed by atoms with Gasteiger partial charge in [0.2, 0.25) is 5.88 Å². The molecule has 1 heterocycles. The Morgan fingerprint density at radius 3 is 2.31 bits per heavy atom. The lowest BCUT2D eigenvalue weighted by Gasteiger charge is -2.17. The number of ether oxygens (including phenoxy) is 3. The topological polar surface area (TPSA) is 57.7 Å². The number of nitrogens with zero attached hydrogens (tertiary/aromatic N) is 1. The minimum absolute atomic E-state index is 0.0764. The van der Waals surface area contributed by atoms with E-state index in [-0.39, 0.29) is 11.8 Å². The number of methoxy groups -OCH3 is 1. The zero-order valence-corrected chi connectivity index (χ0v) is 15.1. The largest absolute Gasteiger partial charge is 0.486 e. The predicted molar refractivity (Wildman–Crippen MR) is 99.6 cm³/mol. The van der Waals surface area contributed by atoms with Crippen LogP contribution in [-0.4, -0.2) is 24.2 Å². The third-order valence-electron chi connectivity index (χ3n) is 3.78. The Bertz CT molecular complexity index is 907. The van der Waals surface area contributed by atoms with Crippen molar-refractivity contribution < 1.29 is 19.0 Å². The number of rotatable bonds is 6. The number of hydrogen-bond donors (Lipinski definition) is 0. The van der Waals surface area contributed by atoms with Crippen molar-refractivity contribution in [1.82, 2.24) is 4.98 Å². The summed E-state index contributed by atoms with van der Waals surface area (Å²) in [6.45, 7) is 4.14. The van der Waals surface area contributed by atoms with Crippen LogP contribution in [0.15, 0.2) is 54.6 Å². The molecular weight excluding hydrogens is 330 g/mol. The van der Waals surface area contributed by atoms with Gasteiger partial charge in [0, 0.05) is 10.8 Å². The summed E-state index contributed by atoms with van der Waals surface area (Å²) in [6, 6.07) is 17.3. The first-order valence-electron chi connectivity index (χ1n) is 8.44. The molecule has 0 bridgehead atoms. The highest BCUT2D eigenvalue weighted by Gasteiger charge is 2.22. The maximum absolute atomic E-state index is 12.3. The fourth-order valence-corrected chi connectivity index (χ4v) is 2.63. The Labute approximate surface area is 152 Å². The first kappa shape index (κ1) is 17.7. The second-order valence-corrected chi connectivity index (χ2v) is 6.07. The number of fused-ring (bicyclic) bond motifs is 1. The molecule has 26 heavy (non-hydrogen) atoms. The van der Waals surface area contributed by atoms with Gasteiger partial charge in [-0.2, -0.15) is 0 Å². The van der Waals surface area contributed by atoms with Crippen molar-refractivity contribution in [3.05, 3.63) is 65.9 Å². The maximum Gasteiger partial charge on any atom is 0.360 e. The van der Waals surface area contributed by atoms with E-state index < -0.39 is 5.97 Å². The molecule has 3 aromatic rings. The Kier molecular flexibility index (Phi) is 5.37. The van der Waals surface area contributed by atoms with Gasteiger partial charge in [-0.15, -0.1) is 0 Å². The van der Waals surface area contributed by atoms with Gasteiger partial charge in [0.15, 0.2) is 11.4 Å². The summed E-state index contributed by atoms with van der Waals surface area (Å²) in [4.78, 5) is 16.7. The van der Waals surface area contributed by atoms with E-state index in [9.17, 15) is 4.79 Å². The van der Waals surface area contributed by atoms with Crippen LogP contribution in [0.2, 0.25) is 0 Å². The van der Waals surface area contributed by atoms with Gasteiger partial charge >= 0.3 is 5.97 Å². The van der Waals surface area contributed by atoms with E-state index in [1.165, 1.54) is 7.11 Å². The standard InChI is InChI=1S/C21H21NO4/c1-14(2)26-20-17-12-8-7-11-16(17)19(18(22-20)21(23)24-3)25-13-15-9-5-4-6-10-15/h4-12,14H,13H2,1-3H3. The molecule has 0 saturated carbocycles. The zero-order valence-electron chi connectivity index (χ0n) is 15.1. The number of pyridine rings is 1. The van der Waals surface area contributed by atoms with Crippen LogP contribution in [0.4, 0.5) is 0 Å². The van der Waals surface area contributed by atoms with Crippen molar-refractivity contribution in [2.75, 3.05) is 7.11 Å². The SMILES string of the molecule is COC(=O)c1nc(OC(C)C)c2ccccc2c1OCc1ccccc1. The molecule has 0 atom stereocenters. The third kappa shape index (κ3) is 3.77.